The minimum absolute atomic E-state index is 0.197. The van der Waals surface area contributed by atoms with Gasteiger partial charge in [0.05, 0.1) is 20.3 Å². The van der Waals surface area contributed by atoms with Crippen LogP contribution in [0.1, 0.15) is 47.0 Å². The van der Waals surface area contributed by atoms with Crippen LogP contribution in [0.3, 0.4) is 0 Å². The highest BCUT2D eigenvalue weighted by molar-refractivity contribution is 5.89. The smallest absolute Gasteiger partial charge is 0.333 e. The van der Waals surface area contributed by atoms with Crippen molar-refractivity contribution in [1.82, 2.24) is 0 Å². The fourth-order valence-electron chi connectivity index (χ4n) is 1.23. The van der Waals surface area contributed by atoms with Gasteiger partial charge in [-0.2, -0.15) is 0 Å². The van der Waals surface area contributed by atoms with Crippen molar-refractivity contribution in [2.75, 3.05) is 20.3 Å². The first-order chi connectivity index (χ1) is 14.0. The van der Waals surface area contributed by atoms with Gasteiger partial charge < -0.3 is 19.3 Å². The van der Waals surface area contributed by atoms with Gasteiger partial charge in [-0.1, -0.05) is 39.2 Å². The number of carboxylic acid groups (broad SMARTS) is 1. The Balaban J connectivity index is -0.000000430. The molecule has 0 aromatic rings. The molecule has 0 bridgehead atoms. The molecule has 0 aromatic carbocycles. The Hall–Kier alpha value is -3.16. The van der Waals surface area contributed by atoms with Gasteiger partial charge in [0, 0.05) is 22.8 Å². The molecule has 0 atom stereocenters. The van der Waals surface area contributed by atoms with Gasteiger partial charge in [-0.3, -0.25) is 0 Å². The lowest BCUT2D eigenvalue weighted by Crippen LogP contribution is -2.08. The number of hydrogen-bond acceptors (Lipinski definition) is 7. The molecule has 0 rings (SSSR count). The molecule has 0 aromatic heterocycles. The number of carbonyl (C=O) groups is 4. The fraction of sp³-hybridized carbons (Fsp3) is 0.455. The highest BCUT2D eigenvalue weighted by Crippen LogP contribution is 2.06. The van der Waals surface area contributed by atoms with Crippen LogP contribution in [0, 0.1) is 0 Å². The largest absolute Gasteiger partial charge is 0.478 e. The van der Waals surface area contributed by atoms with Gasteiger partial charge in [-0.05, 0) is 33.6 Å². The number of carbonyl (C=O) groups excluding carboxylic acids is 3. The Kier molecular flexibility index (Phi) is 21.6. The minimum atomic E-state index is -0.993. The van der Waals surface area contributed by atoms with Crippen LogP contribution < -0.4 is 0 Å². The molecule has 0 spiro atoms. The second-order valence-corrected chi connectivity index (χ2v) is 5.72. The molecule has 0 aliphatic heterocycles. The summed E-state index contributed by atoms with van der Waals surface area (Å²) in [6, 6.07) is 0. The molecule has 0 heterocycles. The quantitative estimate of drug-likeness (QED) is 0.243. The molecule has 30 heavy (non-hydrogen) atoms. The molecule has 1 N–H and O–H groups in total. The Labute approximate surface area is 178 Å². The number of methoxy groups -OCH3 is 1. The first kappa shape index (κ1) is 31.5. The van der Waals surface area contributed by atoms with Crippen LogP contribution in [0.5, 0.6) is 0 Å². The van der Waals surface area contributed by atoms with E-state index in [9.17, 15) is 19.2 Å². The van der Waals surface area contributed by atoms with E-state index in [1.54, 1.807) is 13.8 Å². The summed E-state index contributed by atoms with van der Waals surface area (Å²) < 4.78 is 13.6. The predicted molar refractivity (Wildman–Crippen MR) is 115 cm³/mol. The number of aliphatic carboxylic acids is 1. The number of allylic oxidation sites excluding steroid dienone is 1. The number of esters is 3. The van der Waals surface area contributed by atoms with Crippen LogP contribution >= 0.6 is 0 Å². The van der Waals surface area contributed by atoms with E-state index in [0.717, 1.165) is 18.9 Å². The predicted octanol–water partition coefficient (Wildman–Crippen LogP) is 3.78. The molecule has 0 unspecified atom stereocenters. The summed E-state index contributed by atoms with van der Waals surface area (Å²) in [6.07, 6.45) is 4.58. The minimum Gasteiger partial charge on any atom is -0.478 e. The monoisotopic (exact) mass is 426 g/mol. The Morgan fingerprint density at radius 3 is 1.87 bits per heavy atom. The van der Waals surface area contributed by atoms with Crippen LogP contribution in [0.15, 0.2) is 48.6 Å². The molecular weight excluding hydrogens is 392 g/mol. The number of ether oxygens (including phenoxy) is 3. The van der Waals surface area contributed by atoms with Crippen molar-refractivity contribution in [2.24, 2.45) is 0 Å². The van der Waals surface area contributed by atoms with Gasteiger partial charge in [0.15, 0.2) is 0 Å². The molecule has 0 saturated heterocycles. The lowest BCUT2D eigenvalue weighted by atomic mass is 10.1. The van der Waals surface area contributed by atoms with E-state index in [1.807, 2.05) is 6.92 Å². The van der Waals surface area contributed by atoms with Crippen molar-refractivity contribution in [3.05, 3.63) is 48.6 Å². The van der Waals surface area contributed by atoms with Crippen LogP contribution in [0.2, 0.25) is 0 Å². The maximum atomic E-state index is 11.3. The van der Waals surface area contributed by atoms with E-state index in [4.69, 9.17) is 9.84 Å². The van der Waals surface area contributed by atoms with Gasteiger partial charge in [0.1, 0.15) is 0 Å². The van der Waals surface area contributed by atoms with E-state index in [-0.39, 0.29) is 29.5 Å². The third-order valence-corrected chi connectivity index (χ3v) is 3.00. The second kappa shape index (κ2) is 20.6. The van der Waals surface area contributed by atoms with E-state index in [1.165, 1.54) is 20.1 Å². The van der Waals surface area contributed by atoms with Crippen molar-refractivity contribution < 1.29 is 38.5 Å². The summed E-state index contributed by atoms with van der Waals surface area (Å²) in [4.78, 5) is 42.0. The van der Waals surface area contributed by atoms with Crippen molar-refractivity contribution in [3.63, 3.8) is 0 Å². The van der Waals surface area contributed by atoms with Gasteiger partial charge in [-0.15, -0.1) is 0 Å². The number of rotatable bonds is 10. The second-order valence-electron chi connectivity index (χ2n) is 5.72. The van der Waals surface area contributed by atoms with E-state index < -0.39 is 11.9 Å². The summed E-state index contributed by atoms with van der Waals surface area (Å²) in [6.45, 7) is 17.7. The summed E-state index contributed by atoms with van der Waals surface area (Å²) in [5.74, 6) is -2.16. The normalized spacial score (nSPS) is 9.43. The summed E-state index contributed by atoms with van der Waals surface area (Å²) in [7, 11) is 1.33. The maximum absolute atomic E-state index is 11.3. The third kappa shape index (κ3) is 21.1. The molecule has 0 aliphatic rings. The Bertz CT molecular complexity index is 627. The third-order valence-electron chi connectivity index (χ3n) is 3.00. The van der Waals surface area contributed by atoms with Crippen LogP contribution in [0.25, 0.3) is 0 Å². The molecule has 0 aliphatic carbocycles. The number of hydrogen-bond donors (Lipinski definition) is 1. The van der Waals surface area contributed by atoms with Gasteiger partial charge in [0.25, 0.3) is 0 Å². The lowest BCUT2D eigenvalue weighted by molar-refractivity contribution is -0.139. The first-order valence-corrected chi connectivity index (χ1v) is 9.26. The molecule has 0 saturated carbocycles. The van der Waals surface area contributed by atoms with Crippen molar-refractivity contribution in [3.8, 4) is 0 Å². The SMILES string of the molecule is C=C(C)C(=O)OC.C=C(CC=C(C)C(=O)O)C(=O)OCCCC.C=CC(=O)OCC. The van der Waals surface area contributed by atoms with Gasteiger partial charge >= 0.3 is 23.9 Å². The van der Waals surface area contributed by atoms with E-state index >= 15 is 0 Å². The Morgan fingerprint density at radius 1 is 1.00 bits per heavy atom. The highest BCUT2D eigenvalue weighted by atomic mass is 16.5. The Morgan fingerprint density at radius 2 is 1.57 bits per heavy atom. The average molecular weight is 427 g/mol. The van der Waals surface area contributed by atoms with Crippen LogP contribution in [0.4, 0.5) is 0 Å². The molecule has 0 fully saturated rings. The zero-order chi connectivity index (χ0) is 24.1. The molecule has 0 radical (unpaired) electrons. The topological polar surface area (TPSA) is 116 Å². The van der Waals surface area contributed by atoms with Crippen LogP contribution in [-0.4, -0.2) is 49.3 Å². The summed E-state index contributed by atoms with van der Waals surface area (Å²) in [5.41, 5.74) is 0.904. The molecule has 8 nitrogen and oxygen atoms in total. The zero-order valence-electron chi connectivity index (χ0n) is 18.6. The summed E-state index contributed by atoms with van der Waals surface area (Å²) >= 11 is 0. The van der Waals surface area contributed by atoms with Crippen molar-refractivity contribution in [2.45, 2.75) is 47.0 Å². The van der Waals surface area contributed by atoms with Crippen LogP contribution in [-0.2, 0) is 33.4 Å². The maximum Gasteiger partial charge on any atom is 0.333 e. The molecule has 170 valence electrons. The molecular formula is C22H34O8. The fourth-order valence-corrected chi connectivity index (χ4v) is 1.23. The lowest BCUT2D eigenvalue weighted by Gasteiger charge is -2.04. The number of carboxylic acids is 1. The first-order valence-electron chi connectivity index (χ1n) is 9.26. The van der Waals surface area contributed by atoms with Crippen molar-refractivity contribution >= 4 is 23.9 Å². The van der Waals surface area contributed by atoms with E-state index in [2.05, 4.69) is 29.2 Å². The van der Waals surface area contributed by atoms with E-state index in [0.29, 0.717) is 18.8 Å². The summed E-state index contributed by atoms with van der Waals surface area (Å²) in [5, 5.41) is 8.59. The standard InChI is InChI=1S/C12H18O4.2C5H8O2/c1-4-5-8-16-12(15)10(3)7-6-9(2)11(13)14;1-4(2)5(6)7-3;1-3-5(6)7-4-2/h6H,3-5,7-8H2,1-2H3,(H,13,14);1H2,2-3H3;3H,1,4H2,2H3. The zero-order valence-corrected chi connectivity index (χ0v) is 18.6. The molecule has 8 heteroatoms. The molecule has 0 amide bonds. The average Bonchev–Trinajstić information content (AvgIpc) is 2.71. The highest BCUT2D eigenvalue weighted by Gasteiger charge is 2.07. The van der Waals surface area contributed by atoms with Crippen molar-refractivity contribution in [1.29, 1.82) is 0 Å². The number of unbranched alkanes of at least 4 members (excludes halogenated alkanes) is 1. The van der Waals surface area contributed by atoms with Gasteiger partial charge in [0.2, 0.25) is 0 Å². The van der Waals surface area contributed by atoms with Gasteiger partial charge in [-0.25, -0.2) is 19.2 Å².